The first kappa shape index (κ1) is 12.2. The van der Waals surface area contributed by atoms with Gasteiger partial charge in [-0.15, -0.1) is 34.5 Å². The van der Waals surface area contributed by atoms with Gasteiger partial charge in [0.1, 0.15) is 4.33 Å². The fourth-order valence-electron chi connectivity index (χ4n) is 1.59. The predicted molar refractivity (Wildman–Crippen MR) is 68.1 cm³/mol. The van der Waals surface area contributed by atoms with Gasteiger partial charge in [0.05, 0.1) is 12.0 Å². The first-order valence-electron chi connectivity index (χ1n) is 5.07. The molecule has 1 aromatic heterocycles. The Morgan fingerprint density at radius 1 is 1.56 bits per heavy atom. The van der Waals surface area contributed by atoms with E-state index in [2.05, 4.69) is 5.32 Å². The van der Waals surface area contributed by atoms with Crippen LogP contribution in [0.4, 0.5) is 0 Å². The minimum Gasteiger partial charge on any atom is -0.351 e. The molecule has 1 unspecified atom stereocenters. The summed E-state index contributed by atoms with van der Waals surface area (Å²) in [6, 6.07) is 4.06. The van der Waals surface area contributed by atoms with E-state index in [1.807, 2.05) is 19.1 Å². The third kappa shape index (κ3) is 2.08. The maximum Gasteiger partial charge on any atom is 0.229 e. The number of aryl methyl sites for hydroxylation is 1. The second-order valence-corrected chi connectivity index (χ2v) is 7.26. The van der Waals surface area contributed by atoms with Crippen LogP contribution in [0.5, 0.6) is 0 Å². The van der Waals surface area contributed by atoms with E-state index in [9.17, 15) is 4.79 Å². The molecule has 1 amide bonds. The van der Waals surface area contributed by atoms with Crippen LogP contribution in [-0.4, -0.2) is 10.2 Å². The largest absolute Gasteiger partial charge is 0.351 e. The first-order valence-corrected chi connectivity index (χ1v) is 6.64. The summed E-state index contributed by atoms with van der Waals surface area (Å²) in [7, 11) is 0. The third-order valence-electron chi connectivity index (χ3n) is 2.98. The molecule has 2 nitrogen and oxygen atoms in total. The lowest BCUT2D eigenvalue weighted by Gasteiger charge is -2.11. The summed E-state index contributed by atoms with van der Waals surface area (Å²) in [5.41, 5.74) is -0.623. The average molecular weight is 278 g/mol. The monoisotopic (exact) mass is 277 g/mol. The molecule has 0 spiro atoms. The number of halogens is 2. The van der Waals surface area contributed by atoms with E-state index in [0.717, 1.165) is 4.88 Å². The van der Waals surface area contributed by atoms with Crippen LogP contribution < -0.4 is 5.32 Å². The van der Waals surface area contributed by atoms with E-state index in [1.165, 1.54) is 4.88 Å². The molecule has 1 fully saturated rings. The summed E-state index contributed by atoms with van der Waals surface area (Å²) in [6.07, 6.45) is 0.526. The van der Waals surface area contributed by atoms with Crippen LogP contribution in [-0.2, 0) is 11.3 Å². The van der Waals surface area contributed by atoms with Crippen molar-refractivity contribution < 1.29 is 4.79 Å². The molecule has 88 valence electrons. The second-order valence-electron chi connectivity index (χ2n) is 4.41. The van der Waals surface area contributed by atoms with Crippen molar-refractivity contribution in [1.29, 1.82) is 0 Å². The van der Waals surface area contributed by atoms with Crippen molar-refractivity contribution in [1.82, 2.24) is 5.32 Å². The number of carbonyl (C=O) groups is 1. The Hall–Kier alpha value is -0.250. The molecule has 1 aliphatic rings. The van der Waals surface area contributed by atoms with Gasteiger partial charge in [-0.2, -0.15) is 0 Å². The Morgan fingerprint density at radius 3 is 2.62 bits per heavy atom. The van der Waals surface area contributed by atoms with E-state index >= 15 is 0 Å². The number of rotatable bonds is 3. The number of hydrogen-bond donors (Lipinski definition) is 1. The van der Waals surface area contributed by atoms with Crippen molar-refractivity contribution in [3.63, 3.8) is 0 Å². The zero-order chi connectivity index (χ0) is 12.0. The van der Waals surface area contributed by atoms with Gasteiger partial charge in [-0.1, -0.05) is 0 Å². The van der Waals surface area contributed by atoms with Crippen molar-refractivity contribution in [2.75, 3.05) is 0 Å². The number of hydrogen-bond acceptors (Lipinski definition) is 2. The molecule has 16 heavy (non-hydrogen) atoms. The quantitative estimate of drug-likeness (QED) is 0.845. The van der Waals surface area contributed by atoms with Crippen molar-refractivity contribution in [3.05, 3.63) is 21.9 Å². The second kappa shape index (κ2) is 3.90. The zero-order valence-corrected chi connectivity index (χ0v) is 11.5. The van der Waals surface area contributed by atoms with Crippen LogP contribution in [0.25, 0.3) is 0 Å². The van der Waals surface area contributed by atoms with Gasteiger partial charge in [0, 0.05) is 9.75 Å². The Labute approximate surface area is 109 Å². The number of thiophene rings is 1. The van der Waals surface area contributed by atoms with Gasteiger partial charge in [-0.05, 0) is 32.4 Å². The van der Waals surface area contributed by atoms with Gasteiger partial charge in [0.15, 0.2) is 0 Å². The highest BCUT2D eigenvalue weighted by Gasteiger charge is 2.67. The molecule has 1 aromatic rings. The minimum atomic E-state index is -0.886. The van der Waals surface area contributed by atoms with E-state index in [1.54, 1.807) is 18.3 Å². The normalized spacial score (nSPS) is 26.5. The van der Waals surface area contributed by atoms with E-state index in [4.69, 9.17) is 23.2 Å². The number of amides is 1. The van der Waals surface area contributed by atoms with Gasteiger partial charge in [-0.3, -0.25) is 4.79 Å². The molecule has 0 bridgehead atoms. The highest BCUT2D eigenvalue weighted by atomic mass is 35.5. The maximum atomic E-state index is 11.8. The highest BCUT2D eigenvalue weighted by molar-refractivity contribution is 7.11. The molecule has 1 atom stereocenters. The molecule has 1 heterocycles. The lowest BCUT2D eigenvalue weighted by molar-refractivity contribution is -0.125. The van der Waals surface area contributed by atoms with Crippen molar-refractivity contribution in [3.8, 4) is 0 Å². The van der Waals surface area contributed by atoms with E-state index < -0.39 is 9.75 Å². The fourth-order valence-corrected chi connectivity index (χ4v) is 3.13. The topological polar surface area (TPSA) is 29.1 Å². The van der Waals surface area contributed by atoms with Gasteiger partial charge in [0.25, 0.3) is 0 Å². The average Bonchev–Trinajstić information content (AvgIpc) is 2.57. The predicted octanol–water partition coefficient (Wildman–Crippen LogP) is 3.26. The van der Waals surface area contributed by atoms with E-state index in [-0.39, 0.29) is 5.91 Å². The Bertz CT molecular complexity index is 429. The van der Waals surface area contributed by atoms with Crippen LogP contribution in [0, 0.1) is 12.3 Å². The molecule has 0 aliphatic heterocycles. The van der Waals surface area contributed by atoms with Crippen LogP contribution in [0.3, 0.4) is 0 Å². The maximum absolute atomic E-state index is 11.8. The lowest BCUT2D eigenvalue weighted by atomic mass is 10.1. The summed E-state index contributed by atoms with van der Waals surface area (Å²) in [4.78, 5) is 14.2. The molecule has 1 saturated carbocycles. The van der Waals surface area contributed by atoms with Gasteiger partial charge in [0.2, 0.25) is 5.91 Å². The molecular weight excluding hydrogens is 265 g/mol. The molecule has 0 radical (unpaired) electrons. The summed E-state index contributed by atoms with van der Waals surface area (Å²) in [5, 5.41) is 2.87. The molecule has 5 heteroatoms. The SMILES string of the molecule is Cc1ccc(CNC(=O)C2(C)CC2(Cl)Cl)s1. The van der Waals surface area contributed by atoms with Crippen LogP contribution >= 0.6 is 34.5 Å². The Balaban J connectivity index is 1.90. The summed E-state index contributed by atoms with van der Waals surface area (Å²) in [5.74, 6) is -0.0662. The number of nitrogens with one attached hydrogen (secondary N) is 1. The molecule has 1 N–H and O–H groups in total. The lowest BCUT2D eigenvalue weighted by Crippen LogP contribution is -2.32. The minimum absolute atomic E-state index is 0.0662. The van der Waals surface area contributed by atoms with Crippen molar-refractivity contribution in [2.24, 2.45) is 5.41 Å². The van der Waals surface area contributed by atoms with E-state index in [0.29, 0.717) is 13.0 Å². The molecule has 0 saturated heterocycles. The fraction of sp³-hybridized carbons (Fsp3) is 0.545. The Kier molecular flexibility index (Phi) is 2.97. The van der Waals surface area contributed by atoms with Gasteiger partial charge in [-0.25, -0.2) is 0 Å². The van der Waals surface area contributed by atoms with Crippen LogP contribution in [0.2, 0.25) is 0 Å². The van der Waals surface area contributed by atoms with Crippen molar-refractivity contribution >= 4 is 40.4 Å². The smallest absolute Gasteiger partial charge is 0.229 e. The van der Waals surface area contributed by atoms with Crippen LogP contribution in [0.15, 0.2) is 12.1 Å². The molecule has 2 rings (SSSR count). The standard InChI is InChI=1S/C11H13Cl2NOS/c1-7-3-4-8(16-7)5-14-9(15)10(2)6-11(10,12)13/h3-4H,5-6H2,1-2H3,(H,14,15). The van der Waals surface area contributed by atoms with Crippen LogP contribution in [0.1, 0.15) is 23.1 Å². The number of alkyl halides is 2. The molecule has 0 aromatic carbocycles. The summed E-state index contributed by atoms with van der Waals surface area (Å²) in [6.45, 7) is 4.39. The summed E-state index contributed by atoms with van der Waals surface area (Å²) >= 11 is 13.6. The van der Waals surface area contributed by atoms with Gasteiger partial charge >= 0.3 is 0 Å². The van der Waals surface area contributed by atoms with Crippen molar-refractivity contribution in [2.45, 2.75) is 31.1 Å². The molecule has 1 aliphatic carbocycles. The van der Waals surface area contributed by atoms with Gasteiger partial charge < -0.3 is 5.32 Å². The summed E-state index contributed by atoms with van der Waals surface area (Å²) < 4.78 is -0.886. The third-order valence-corrected chi connectivity index (χ3v) is 5.08. The molecular formula is C11H13Cl2NOS. The zero-order valence-electron chi connectivity index (χ0n) is 9.14. The number of carbonyl (C=O) groups excluding carboxylic acids is 1. The Morgan fingerprint density at radius 2 is 2.19 bits per heavy atom. The highest BCUT2D eigenvalue weighted by Crippen LogP contribution is 2.63. The first-order chi connectivity index (χ1) is 7.35.